The van der Waals surface area contributed by atoms with Gasteiger partial charge in [-0.2, -0.15) is 0 Å². The van der Waals surface area contributed by atoms with E-state index >= 15 is 0 Å². The summed E-state index contributed by atoms with van der Waals surface area (Å²) in [7, 11) is 0. The maximum absolute atomic E-state index is 11.0. The van der Waals surface area contributed by atoms with Crippen LogP contribution in [0, 0.1) is 10.1 Å². The van der Waals surface area contributed by atoms with Crippen LogP contribution in [0.5, 0.6) is 11.5 Å². The van der Waals surface area contributed by atoms with Gasteiger partial charge in [-0.15, -0.1) is 0 Å². The first kappa shape index (κ1) is 15.0. The number of aliphatic carboxylic acids is 1. The van der Waals surface area contributed by atoms with Crippen molar-refractivity contribution in [1.29, 1.82) is 0 Å². The number of nitro groups is 1. The van der Waals surface area contributed by atoms with Crippen LogP contribution in [0.1, 0.15) is 5.56 Å². The van der Waals surface area contributed by atoms with Gasteiger partial charge >= 0.3 is 11.7 Å². The number of nitrogens with zero attached hydrogens (tertiary/aromatic N) is 1. The van der Waals surface area contributed by atoms with Gasteiger partial charge in [0.15, 0.2) is 0 Å². The Labute approximate surface area is 128 Å². The van der Waals surface area contributed by atoms with E-state index in [2.05, 4.69) is 15.9 Å². The van der Waals surface area contributed by atoms with Crippen molar-refractivity contribution in [2.75, 3.05) is 0 Å². The normalized spacial score (nSPS) is 10.1. The van der Waals surface area contributed by atoms with Crippen LogP contribution in [-0.4, -0.2) is 16.0 Å². The predicted molar refractivity (Wildman–Crippen MR) is 78.7 cm³/mol. The van der Waals surface area contributed by atoms with E-state index < -0.39 is 10.9 Å². The number of carboxylic acids is 1. The maximum atomic E-state index is 11.0. The van der Waals surface area contributed by atoms with Crippen molar-refractivity contribution < 1.29 is 19.6 Å². The quantitative estimate of drug-likeness (QED) is 0.653. The molecule has 108 valence electrons. The third-order valence-electron chi connectivity index (χ3n) is 2.65. The fourth-order valence-electron chi connectivity index (χ4n) is 1.75. The number of halogens is 1. The second kappa shape index (κ2) is 6.36. The van der Waals surface area contributed by atoms with Gasteiger partial charge in [0.25, 0.3) is 0 Å². The SMILES string of the molecule is O=C(O)Cc1ccccc1Oc1ccc(Br)cc1[N+](=O)[O-]. The number of hydrogen-bond acceptors (Lipinski definition) is 4. The van der Waals surface area contributed by atoms with Crippen molar-refractivity contribution in [3.05, 3.63) is 62.6 Å². The van der Waals surface area contributed by atoms with Gasteiger partial charge in [0.2, 0.25) is 5.75 Å². The highest BCUT2D eigenvalue weighted by molar-refractivity contribution is 9.10. The van der Waals surface area contributed by atoms with Crippen LogP contribution >= 0.6 is 15.9 Å². The molecule has 0 aliphatic rings. The Morgan fingerprint density at radius 1 is 1.24 bits per heavy atom. The molecule has 0 aliphatic heterocycles. The fraction of sp³-hybridized carbons (Fsp3) is 0.0714. The first-order valence-electron chi connectivity index (χ1n) is 5.89. The highest BCUT2D eigenvalue weighted by Gasteiger charge is 2.18. The van der Waals surface area contributed by atoms with Gasteiger partial charge in [0.05, 0.1) is 11.3 Å². The summed E-state index contributed by atoms with van der Waals surface area (Å²) in [5.74, 6) is -0.664. The number of hydrogen-bond donors (Lipinski definition) is 1. The minimum Gasteiger partial charge on any atom is -0.481 e. The smallest absolute Gasteiger partial charge is 0.312 e. The van der Waals surface area contributed by atoms with Crippen molar-refractivity contribution >= 4 is 27.6 Å². The highest BCUT2D eigenvalue weighted by Crippen LogP contribution is 2.34. The molecule has 0 amide bonds. The highest BCUT2D eigenvalue weighted by atomic mass is 79.9. The fourth-order valence-corrected chi connectivity index (χ4v) is 2.10. The third kappa shape index (κ3) is 3.79. The summed E-state index contributed by atoms with van der Waals surface area (Å²) in [6.07, 6.45) is -0.222. The van der Waals surface area contributed by atoms with Gasteiger partial charge in [-0.1, -0.05) is 34.1 Å². The second-order valence-corrected chi connectivity index (χ2v) is 5.07. The third-order valence-corrected chi connectivity index (χ3v) is 3.15. The van der Waals surface area contributed by atoms with Crippen molar-refractivity contribution in [3.8, 4) is 11.5 Å². The van der Waals surface area contributed by atoms with E-state index in [0.717, 1.165) is 0 Å². The molecule has 0 saturated heterocycles. The van der Waals surface area contributed by atoms with E-state index in [0.29, 0.717) is 10.0 Å². The predicted octanol–water partition coefficient (Wildman–Crippen LogP) is 3.78. The van der Waals surface area contributed by atoms with E-state index in [1.807, 2.05) is 0 Å². The summed E-state index contributed by atoms with van der Waals surface area (Å²) in [4.78, 5) is 21.3. The van der Waals surface area contributed by atoms with Crippen LogP contribution in [-0.2, 0) is 11.2 Å². The molecule has 2 rings (SSSR count). The first-order chi connectivity index (χ1) is 9.97. The lowest BCUT2D eigenvalue weighted by molar-refractivity contribution is -0.385. The average molecular weight is 352 g/mol. The summed E-state index contributed by atoms with van der Waals surface area (Å²) in [6.45, 7) is 0. The molecule has 0 aliphatic carbocycles. The Morgan fingerprint density at radius 3 is 2.62 bits per heavy atom. The summed E-state index contributed by atoms with van der Waals surface area (Å²) in [5.41, 5.74) is 0.247. The van der Waals surface area contributed by atoms with Crippen LogP contribution < -0.4 is 4.74 Å². The molecule has 6 nitrogen and oxygen atoms in total. The summed E-state index contributed by atoms with van der Waals surface area (Å²) in [6, 6.07) is 10.9. The molecule has 0 aromatic heterocycles. The molecule has 2 aromatic rings. The molecule has 21 heavy (non-hydrogen) atoms. The molecular formula is C14H10BrNO5. The Balaban J connectivity index is 2.39. The topological polar surface area (TPSA) is 89.7 Å². The van der Waals surface area contributed by atoms with Gasteiger partial charge in [-0.25, -0.2) is 0 Å². The minimum atomic E-state index is -1.00. The summed E-state index contributed by atoms with van der Waals surface area (Å²) >= 11 is 3.16. The number of carbonyl (C=O) groups is 1. The van der Waals surface area contributed by atoms with Crippen LogP contribution in [0.4, 0.5) is 5.69 Å². The standard InChI is InChI=1S/C14H10BrNO5/c15-10-5-6-13(11(8-10)16(19)20)21-12-4-2-1-3-9(12)7-14(17)18/h1-6,8H,7H2,(H,17,18). The van der Waals surface area contributed by atoms with E-state index in [9.17, 15) is 14.9 Å². The summed E-state index contributed by atoms with van der Waals surface area (Å²) in [5, 5.41) is 19.9. The molecule has 2 aromatic carbocycles. The monoisotopic (exact) mass is 351 g/mol. The molecule has 0 atom stereocenters. The number of benzene rings is 2. The van der Waals surface area contributed by atoms with Crippen molar-refractivity contribution in [3.63, 3.8) is 0 Å². The number of rotatable bonds is 5. The Morgan fingerprint density at radius 2 is 1.95 bits per heavy atom. The van der Waals surface area contributed by atoms with E-state index in [1.165, 1.54) is 12.1 Å². The Bertz CT molecular complexity index is 702. The van der Waals surface area contributed by atoms with Gasteiger partial charge in [-0.05, 0) is 18.2 Å². The zero-order valence-electron chi connectivity index (χ0n) is 10.7. The molecule has 1 N–H and O–H groups in total. The van der Waals surface area contributed by atoms with Crippen LogP contribution in [0.2, 0.25) is 0 Å². The van der Waals surface area contributed by atoms with Crippen molar-refractivity contribution in [2.24, 2.45) is 0 Å². The number of nitro benzene ring substituents is 1. The lowest BCUT2D eigenvalue weighted by atomic mass is 10.1. The maximum Gasteiger partial charge on any atom is 0.312 e. The molecule has 0 saturated carbocycles. The van der Waals surface area contributed by atoms with E-state index in [4.69, 9.17) is 9.84 Å². The minimum absolute atomic E-state index is 0.0565. The average Bonchev–Trinajstić information content (AvgIpc) is 2.42. The van der Waals surface area contributed by atoms with Crippen LogP contribution in [0.25, 0.3) is 0 Å². The molecule has 0 spiro atoms. The lowest BCUT2D eigenvalue weighted by Crippen LogP contribution is -2.02. The van der Waals surface area contributed by atoms with Gasteiger partial charge in [0.1, 0.15) is 5.75 Å². The molecule has 7 heteroatoms. The van der Waals surface area contributed by atoms with E-state index in [1.54, 1.807) is 30.3 Å². The second-order valence-electron chi connectivity index (χ2n) is 4.15. The Kier molecular flexibility index (Phi) is 4.54. The molecule has 0 heterocycles. The summed E-state index contributed by atoms with van der Waals surface area (Å²) < 4.78 is 6.09. The van der Waals surface area contributed by atoms with Crippen molar-refractivity contribution in [2.45, 2.75) is 6.42 Å². The molecular weight excluding hydrogens is 342 g/mol. The Hall–Kier alpha value is -2.41. The van der Waals surface area contributed by atoms with Crippen molar-refractivity contribution in [1.82, 2.24) is 0 Å². The number of ether oxygens (including phenoxy) is 1. The van der Waals surface area contributed by atoms with Crippen LogP contribution in [0.15, 0.2) is 46.9 Å². The zero-order valence-corrected chi connectivity index (χ0v) is 12.2. The van der Waals surface area contributed by atoms with Gasteiger partial charge in [0, 0.05) is 16.1 Å². The lowest BCUT2D eigenvalue weighted by Gasteiger charge is -2.10. The van der Waals surface area contributed by atoms with Crippen LogP contribution in [0.3, 0.4) is 0 Å². The van der Waals surface area contributed by atoms with E-state index in [-0.39, 0.29) is 23.6 Å². The largest absolute Gasteiger partial charge is 0.481 e. The molecule has 0 bridgehead atoms. The number of para-hydroxylation sites is 1. The molecule has 0 unspecified atom stereocenters. The number of carboxylic acid groups (broad SMARTS) is 1. The zero-order chi connectivity index (χ0) is 15.4. The van der Waals surface area contributed by atoms with Gasteiger partial charge < -0.3 is 9.84 Å². The van der Waals surface area contributed by atoms with Gasteiger partial charge in [-0.3, -0.25) is 14.9 Å². The molecule has 0 fully saturated rings. The first-order valence-corrected chi connectivity index (χ1v) is 6.68. The molecule has 0 radical (unpaired) electrons.